The number of amides is 1. The number of carbonyl (C=O) groups excluding carboxylic acids is 1. The van der Waals surface area contributed by atoms with E-state index in [2.05, 4.69) is 6.92 Å². The zero-order chi connectivity index (χ0) is 14.0. The molecule has 0 bridgehead atoms. The van der Waals surface area contributed by atoms with E-state index in [4.69, 9.17) is 5.73 Å². The van der Waals surface area contributed by atoms with Crippen LogP contribution in [0.5, 0.6) is 0 Å². The molecule has 1 aliphatic heterocycles. The van der Waals surface area contributed by atoms with Gasteiger partial charge in [-0.1, -0.05) is 6.92 Å². The van der Waals surface area contributed by atoms with Crippen molar-refractivity contribution in [3.05, 3.63) is 34.2 Å². The van der Waals surface area contributed by atoms with Crippen molar-refractivity contribution < 1.29 is 4.79 Å². The van der Waals surface area contributed by atoms with Crippen molar-refractivity contribution in [3.8, 4) is 0 Å². The number of aromatic nitrogens is 1. The van der Waals surface area contributed by atoms with Crippen LogP contribution in [0.25, 0.3) is 0 Å². The standard InChI is InChI=1S/C14H21N3O2/c1-10-5-3-8-17(12(10)9-15)14(19)11-6-4-7-16(2)13(11)18/h4,6-7,10,12H,3,5,8-9,15H2,1-2H3/t10-,12+/m0/s1. The second kappa shape index (κ2) is 5.57. The first kappa shape index (κ1) is 13.8. The molecule has 1 saturated heterocycles. The predicted molar refractivity (Wildman–Crippen MR) is 74.0 cm³/mol. The Kier molecular flexibility index (Phi) is 4.04. The highest BCUT2D eigenvalue weighted by Gasteiger charge is 2.32. The van der Waals surface area contributed by atoms with Crippen LogP contribution in [0.3, 0.4) is 0 Å². The molecule has 2 N–H and O–H groups in total. The van der Waals surface area contributed by atoms with Gasteiger partial charge in [-0.15, -0.1) is 0 Å². The first-order valence-electron chi connectivity index (χ1n) is 6.73. The van der Waals surface area contributed by atoms with Crippen molar-refractivity contribution >= 4 is 5.91 Å². The summed E-state index contributed by atoms with van der Waals surface area (Å²) in [5.74, 6) is 0.193. The fourth-order valence-corrected chi connectivity index (χ4v) is 2.78. The Hall–Kier alpha value is -1.62. The van der Waals surface area contributed by atoms with E-state index in [1.165, 1.54) is 4.57 Å². The van der Waals surface area contributed by atoms with Crippen LogP contribution in [-0.2, 0) is 7.05 Å². The highest BCUT2D eigenvalue weighted by Crippen LogP contribution is 2.23. The summed E-state index contributed by atoms with van der Waals surface area (Å²) in [7, 11) is 1.65. The van der Waals surface area contributed by atoms with Gasteiger partial charge in [-0.3, -0.25) is 9.59 Å². The van der Waals surface area contributed by atoms with Crippen molar-refractivity contribution in [1.82, 2.24) is 9.47 Å². The number of nitrogens with zero attached hydrogens (tertiary/aromatic N) is 2. The molecule has 1 aromatic heterocycles. The molecule has 5 heteroatoms. The van der Waals surface area contributed by atoms with Gasteiger partial charge in [0.15, 0.2) is 0 Å². The maximum absolute atomic E-state index is 12.5. The summed E-state index contributed by atoms with van der Waals surface area (Å²) >= 11 is 0. The minimum absolute atomic E-state index is 0.0335. The molecule has 5 nitrogen and oxygen atoms in total. The van der Waals surface area contributed by atoms with Gasteiger partial charge in [0.05, 0.1) is 0 Å². The molecule has 0 aliphatic carbocycles. The molecule has 0 unspecified atom stereocenters. The molecular weight excluding hydrogens is 242 g/mol. The molecule has 2 rings (SSSR count). The average molecular weight is 263 g/mol. The van der Waals surface area contributed by atoms with Crippen LogP contribution < -0.4 is 11.3 Å². The smallest absolute Gasteiger partial charge is 0.263 e. The summed E-state index contributed by atoms with van der Waals surface area (Å²) < 4.78 is 1.43. The number of aryl methyl sites for hydroxylation is 1. The van der Waals surface area contributed by atoms with E-state index in [-0.39, 0.29) is 23.1 Å². The largest absolute Gasteiger partial charge is 0.334 e. The van der Waals surface area contributed by atoms with Gasteiger partial charge < -0.3 is 15.2 Å². The van der Waals surface area contributed by atoms with Crippen LogP contribution in [-0.4, -0.2) is 34.5 Å². The lowest BCUT2D eigenvalue weighted by Crippen LogP contribution is -2.52. The first-order valence-corrected chi connectivity index (χ1v) is 6.73. The molecule has 1 amide bonds. The number of likely N-dealkylation sites (tertiary alicyclic amines) is 1. The van der Waals surface area contributed by atoms with Gasteiger partial charge in [-0.2, -0.15) is 0 Å². The predicted octanol–water partition coefficient (Wildman–Crippen LogP) is 0.585. The highest BCUT2D eigenvalue weighted by atomic mass is 16.2. The number of carbonyl (C=O) groups is 1. The zero-order valence-corrected chi connectivity index (χ0v) is 11.5. The number of rotatable bonds is 2. The fourth-order valence-electron chi connectivity index (χ4n) is 2.78. The van der Waals surface area contributed by atoms with E-state index in [0.717, 1.165) is 12.8 Å². The van der Waals surface area contributed by atoms with Gasteiger partial charge in [0.1, 0.15) is 5.56 Å². The van der Waals surface area contributed by atoms with Crippen LogP contribution in [0.1, 0.15) is 30.1 Å². The lowest BCUT2D eigenvalue weighted by Gasteiger charge is -2.39. The summed E-state index contributed by atoms with van der Waals surface area (Å²) in [5, 5.41) is 0. The Morgan fingerprint density at radius 1 is 1.53 bits per heavy atom. The molecule has 0 aromatic carbocycles. The third kappa shape index (κ3) is 2.56. The Morgan fingerprint density at radius 3 is 2.95 bits per heavy atom. The number of hydrogen-bond acceptors (Lipinski definition) is 3. The van der Waals surface area contributed by atoms with Crippen LogP contribution in [0, 0.1) is 5.92 Å². The molecule has 19 heavy (non-hydrogen) atoms. The third-order valence-electron chi connectivity index (χ3n) is 3.97. The summed E-state index contributed by atoms with van der Waals surface area (Å²) in [6.45, 7) is 3.24. The normalized spacial score (nSPS) is 23.4. The Labute approximate surface area is 113 Å². The number of pyridine rings is 1. The maximum atomic E-state index is 12.5. The molecule has 1 aliphatic rings. The number of piperidine rings is 1. The highest BCUT2D eigenvalue weighted by molar-refractivity contribution is 5.94. The van der Waals surface area contributed by atoms with E-state index in [0.29, 0.717) is 19.0 Å². The minimum atomic E-state index is -0.249. The molecule has 2 atom stereocenters. The maximum Gasteiger partial charge on any atom is 0.263 e. The van der Waals surface area contributed by atoms with Crippen LogP contribution >= 0.6 is 0 Å². The monoisotopic (exact) mass is 263 g/mol. The van der Waals surface area contributed by atoms with Crippen molar-refractivity contribution in [2.45, 2.75) is 25.8 Å². The molecule has 0 spiro atoms. The van der Waals surface area contributed by atoms with Gasteiger partial charge >= 0.3 is 0 Å². The minimum Gasteiger partial charge on any atom is -0.334 e. The topological polar surface area (TPSA) is 68.3 Å². The van der Waals surface area contributed by atoms with Gasteiger partial charge in [-0.25, -0.2) is 0 Å². The van der Waals surface area contributed by atoms with Crippen LogP contribution in [0.2, 0.25) is 0 Å². The van der Waals surface area contributed by atoms with E-state index in [9.17, 15) is 9.59 Å². The molecule has 1 fully saturated rings. The molecule has 0 saturated carbocycles. The van der Waals surface area contributed by atoms with E-state index < -0.39 is 0 Å². The number of nitrogens with two attached hydrogens (primary N) is 1. The second-order valence-electron chi connectivity index (χ2n) is 5.26. The van der Waals surface area contributed by atoms with Crippen molar-refractivity contribution in [2.75, 3.05) is 13.1 Å². The Balaban J connectivity index is 2.32. The van der Waals surface area contributed by atoms with E-state index in [1.807, 2.05) is 0 Å². The lowest BCUT2D eigenvalue weighted by molar-refractivity contribution is 0.0530. The molecule has 2 heterocycles. The fraction of sp³-hybridized carbons (Fsp3) is 0.571. The molecule has 104 valence electrons. The van der Waals surface area contributed by atoms with E-state index >= 15 is 0 Å². The van der Waals surface area contributed by atoms with Crippen molar-refractivity contribution in [2.24, 2.45) is 18.7 Å². The first-order chi connectivity index (χ1) is 9.06. The SMILES string of the molecule is C[C@H]1CCCN(C(=O)c2cccn(C)c2=O)[C@@H]1CN. The lowest BCUT2D eigenvalue weighted by atomic mass is 9.90. The second-order valence-corrected chi connectivity index (χ2v) is 5.26. The number of hydrogen-bond donors (Lipinski definition) is 1. The molecular formula is C14H21N3O2. The third-order valence-corrected chi connectivity index (χ3v) is 3.97. The Morgan fingerprint density at radius 2 is 2.26 bits per heavy atom. The van der Waals surface area contributed by atoms with Gasteiger partial charge in [0.2, 0.25) is 0 Å². The summed E-state index contributed by atoms with van der Waals surface area (Å²) in [6, 6.07) is 3.35. The Bertz CT molecular complexity index is 524. The van der Waals surface area contributed by atoms with E-state index in [1.54, 1.807) is 30.3 Å². The van der Waals surface area contributed by atoms with Gasteiger partial charge in [0.25, 0.3) is 11.5 Å². The summed E-state index contributed by atoms with van der Waals surface area (Å²) in [6.07, 6.45) is 3.70. The zero-order valence-electron chi connectivity index (χ0n) is 11.5. The van der Waals surface area contributed by atoms with Crippen LogP contribution in [0.4, 0.5) is 0 Å². The average Bonchev–Trinajstić information content (AvgIpc) is 2.41. The summed E-state index contributed by atoms with van der Waals surface area (Å²) in [5.41, 5.74) is 5.78. The van der Waals surface area contributed by atoms with Gasteiger partial charge in [-0.05, 0) is 30.9 Å². The van der Waals surface area contributed by atoms with Crippen LogP contribution in [0.15, 0.2) is 23.1 Å². The van der Waals surface area contributed by atoms with Gasteiger partial charge in [0, 0.05) is 32.4 Å². The quantitative estimate of drug-likeness (QED) is 0.849. The van der Waals surface area contributed by atoms with Crippen molar-refractivity contribution in [3.63, 3.8) is 0 Å². The summed E-state index contributed by atoms with van der Waals surface area (Å²) in [4.78, 5) is 26.3. The molecule has 0 radical (unpaired) electrons. The molecule has 1 aromatic rings. The van der Waals surface area contributed by atoms with Crippen molar-refractivity contribution in [1.29, 1.82) is 0 Å².